The van der Waals surface area contributed by atoms with E-state index >= 15 is 0 Å². The molecule has 0 nitrogen and oxygen atoms in total. The average molecular weight is 214 g/mol. The van der Waals surface area contributed by atoms with Crippen molar-refractivity contribution in [2.75, 3.05) is 0 Å². The highest BCUT2D eigenvalue weighted by molar-refractivity contribution is 5.46. The van der Waals surface area contributed by atoms with Crippen LogP contribution in [0.15, 0.2) is 24.3 Å². The lowest BCUT2D eigenvalue weighted by atomic mass is 9.56. The van der Waals surface area contributed by atoms with Crippen molar-refractivity contribution in [1.82, 2.24) is 0 Å². The predicted molar refractivity (Wildman–Crippen MR) is 68.8 cm³/mol. The van der Waals surface area contributed by atoms with Crippen LogP contribution in [0.4, 0.5) is 0 Å². The summed E-state index contributed by atoms with van der Waals surface area (Å²) in [5.41, 5.74) is 4.19. The van der Waals surface area contributed by atoms with Crippen LogP contribution < -0.4 is 0 Å². The third-order valence-corrected chi connectivity index (χ3v) is 5.86. The van der Waals surface area contributed by atoms with E-state index in [0.717, 1.165) is 5.92 Å². The molecular formula is C16H22. The van der Waals surface area contributed by atoms with Crippen molar-refractivity contribution in [3.63, 3.8) is 0 Å². The van der Waals surface area contributed by atoms with E-state index in [1.807, 2.05) is 0 Å². The third-order valence-electron chi connectivity index (χ3n) is 5.86. The SMILES string of the molecule is C[C@H]1c2ccccc2C2(C)CCCCC12C. The standard InChI is InChI=1S/C16H22/c1-12-13-8-4-5-9-14(13)16(3)11-7-6-10-15(12,16)2/h4-5,8-9,12H,6-7,10-11H2,1-3H3/t12-,15?,16?/m0/s1. The summed E-state index contributed by atoms with van der Waals surface area (Å²) in [6.07, 6.45) is 5.61. The molecule has 86 valence electrons. The van der Waals surface area contributed by atoms with Crippen LogP contribution in [0.1, 0.15) is 63.5 Å². The lowest BCUT2D eigenvalue weighted by molar-refractivity contribution is 0.0858. The summed E-state index contributed by atoms with van der Waals surface area (Å²) in [6.45, 7) is 7.47. The molecule has 3 atom stereocenters. The minimum Gasteiger partial charge on any atom is -0.0620 e. The van der Waals surface area contributed by atoms with E-state index in [9.17, 15) is 0 Å². The molecule has 1 aromatic rings. The lowest BCUT2D eigenvalue weighted by Gasteiger charge is -2.48. The summed E-state index contributed by atoms with van der Waals surface area (Å²) < 4.78 is 0. The number of hydrogen-bond acceptors (Lipinski definition) is 0. The Kier molecular flexibility index (Phi) is 2.02. The van der Waals surface area contributed by atoms with E-state index in [4.69, 9.17) is 0 Å². The van der Waals surface area contributed by atoms with Gasteiger partial charge in [0.25, 0.3) is 0 Å². The van der Waals surface area contributed by atoms with Crippen LogP contribution in [-0.4, -0.2) is 0 Å². The smallest absolute Gasteiger partial charge is 0.00130 e. The molecule has 2 aliphatic carbocycles. The Bertz CT molecular complexity index is 420. The Morgan fingerprint density at radius 1 is 1.06 bits per heavy atom. The Hall–Kier alpha value is -0.780. The molecule has 0 amide bonds. The monoisotopic (exact) mass is 214 g/mol. The molecule has 0 heteroatoms. The first-order valence-electron chi connectivity index (χ1n) is 6.69. The summed E-state index contributed by atoms with van der Waals surface area (Å²) in [5, 5.41) is 0. The normalized spacial score (nSPS) is 41.6. The molecule has 1 fully saturated rings. The molecule has 2 unspecified atom stereocenters. The summed E-state index contributed by atoms with van der Waals surface area (Å²) in [5.74, 6) is 0.731. The van der Waals surface area contributed by atoms with Crippen molar-refractivity contribution >= 4 is 0 Å². The molecule has 0 aliphatic heterocycles. The maximum atomic E-state index is 2.52. The van der Waals surface area contributed by atoms with Crippen LogP contribution in [0.2, 0.25) is 0 Å². The van der Waals surface area contributed by atoms with E-state index in [1.54, 1.807) is 11.1 Å². The Balaban J connectivity index is 2.23. The van der Waals surface area contributed by atoms with Gasteiger partial charge in [0.1, 0.15) is 0 Å². The fourth-order valence-electron chi connectivity index (χ4n) is 4.39. The van der Waals surface area contributed by atoms with Gasteiger partial charge in [0, 0.05) is 0 Å². The molecule has 0 bridgehead atoms. The Morgan fingerprint density at radius 3 is 2.56 bits per heavy atom. The van der Waals surface area contributed by atoms with E-state index in [0.29, 0.717) is 10.8 Å². The highest BCUT2D eigenvalue weighted by atomic mass is 14.6. The molecule has 16 heavy (non-hydrogen) atoms. The summed E-state index contributed by atoms with van der Waals surface area (Å²) in [6, 6.07) is 9.16. The predicted octanol–water partition coefficient (Wildman–Crippen LogP) is 4.64. The molecule has 0 spiro atoms. The number of benzene rings is 1. The first kappa shape index (κ1) is 10.4. The van der Waals surface area contributed by atoms with Crippen LogP contribution in [-0.2, 0) is 5.41 Å². The van der Waals surface area contributed by atoms with Gasteiger partial charge in [0.15, 0.2) is 0 Å². The second-order valence-corrected chi connectivity index (χ2v) is 6.27. The molecular weight excluding hydrogens is 192 g/mol. The van der Waals surface area contributed by atoms with Crippen LogP contribution in [0.25, 0.3) is 0 Å². The largest absolute Gasteiger partial charge is 0.0620 e. The van der Waals surface area contributed by atoms with E-state index < -0.39 is 0 Å². The molecule has 1 saturated carbocycles. The van der Waals surface area contributed by atoms with Crippen molar-refractivity contribution in [2.45, 2.75) is 57.8 Å². The zero-order valence-corrected chi connectivity index (χ0v) is 10.7. The van der Waals surface area contributed by atoms with Crippen molar-refractivity contribution in [1.29, 1.82) is 0 Å². The van der Waals surface area contributed by atoms with Gasteiger partial charge >= 0.3 is 0 Å². The first-order chi connectivity index (χ1) is 7.59. The zero-order valence-electron chi connectivity index (χ0n) is 10.7. The minimum atomic E-state index is 0.432. The van der Waals surface area contributed by atoms with E-state index in [2.05, 4.69) is 45.0 Å². The van der Waals surface area contributed by atoms with Gasteiger partial charge in [-0.05, 0) is 40.7 Å². The van der Waals surface area contributed by atoms with Crippen LogP contribution in [0.3, 0.4) is 0 Å². The van der Waals surface area contributed by atoms with Crippen molar-refractivity contribution in [3.05, 3.63) is 35.4 Å². The lowest BCUT2D eigenvalue weighted by Crippen LogP contribution is -2.42. The number of rotatable bonds is 0. The molecule has 0 radical (unpaired) electrons. The molecule has 0 N–H and O–H groups in total. The van der Waals surface area contributed by atoms with Gasteiger partial charge in [0.05, 0.1) is 0 Å². The minimum absolute atomic E-state index is 0.432. The first-order valence-corrected chi connectivity index (χ1v) is 6.69. The molecule has 0 saturated heterocycles. The highest BCUT2D eigenvalue weighted by Crippen LogP contribution is 2.64. The van der Waals surface area contributed by atoms with Crippen molar-refractivity contribution < 1.29 is 0 Å². The van der Waals surface area contributed by atoms with Gasteiger partial charge in [-0.15, -0.1) is 0 Å². The van der Waals surface area contributed by atoms with Gasteiger partial charge in [-0.1, -0.05) is 57.9 Å². The van der Waals surface area contributed by atoms with Gasteiger partial charge in [-0.25, -0.2) is 0 Å². The van der Waals surface area contributed by atoms with E-state index in [1.165, 1.54) is 25.7 Å². The summed E-state index contributed by atoms with van der Waals surface area (Å²) >= 11 is 0. The molecule has 1 aromatic carbocycles. The molecule has 0 aromatic heterocycles. The van der Waals surface area contributed by atoms with Crippen molar-refractivity contribution in [3.8, 4) is 0 Å². The van der Waals surface area contributed by atoms with Gasteiger partial charge in [-0.3, -0.25) is 0 Å². The average Bonchev–Trinajstić information content (AvgIpc) is 2.48. The highest BCUT2D eigenvalue weighted by Gasteiger charge is 2.56. The quantitative estimate of drug-likeness (QED) is 0.590. The van der Waals surface area contributed by atoms with Gasteiger partial charge in [0.2, 0.25) is 0 Å². The maximum Gasteiger partial charge on any atom is -0.00130 e. The number of hydrogen-bond donors (Lipinski definition) is 0. The van der Waals surface area contributed by atoms with Crippen LogP contribution >= 0.6 is 0 Å². The fraction of sp³-hybridized carbons (Fsp3) is 0.625. The zero-order chi connectivity index (χ0) is 11.4. The fourth-order valence-corrected chi connectivity index (χ4v) is 4.39. The second-order valence-electron chi connectivity index (χ2n) is 6.27. The van der Waals surface area contributed by atoms with Crippen LogP contribution in [0, 0.1) is 5.41 Å². The number of fused-ring (bicyclic) bond motifs is 3. The molecule has 3 rings (SSSR count). The Labute approximate surface area is 99.1 Å². The summed E-state index contributed by atoms with van der Waals surface area (Å²) in [7, 11) is 0. The molecule has 0 heterocycles. The maximum absolute atomic E-state index is 2.52. The topological polar surface area (TPSA) is 0 Å². The van der Waals surface area contributed by atoms with Gasteiger partial charge < -0.3 is 0 Å². The van der Waals surface area contributed by atoms with Crippen molar-refractivity contribution in [2.24, 2.45) is 5.41 Å². The second kappa shape index (κ2) is 3.12. The van der Waals surface area contributed by atoms with E-state index in [-0.39, 0.29) is 0 Å². The van der Waals surface area contributed by atoms with Gasteiger partial charge in [-0.2, -0.15) is 0 Å². The third kappa shape index (κ3) is 1.01. The Morgan fingerprint density at radius 2 is 1.75 bits per heavy atom. The summed E-state index contributed by atoms with van der Waals surface area (Å²) in [4.78, 5) is 0. The molecule has 2 aliphatic rings. The van der Waals surface area contributed by atoms with Crippen LogP contribution in [0.5, 0.6) is 0 Å².